The molecule has 1 aliphatic heterocycles. The third-order valence-electron chi connectivity index (χ3n) is 5.24. The SMILES string of the molecule is CCCS(=O)(=O)N1CCC(Nc2cc(-c3ccccc3Cl)nc3c(Br)cnn23)CC1. The highest BCUT2D eigenvalue weighted by Gasteiger charge is 2.28. The summed E-state index contributed by atoms with van der Waals surface area (Å²) in [5.74, 6) is 1.01. The van der Waals surface area contributed by atoms with Crippen molar-refractivity contribution in [2.24, 2.45) is 0 Å². The highest BCUT2D eigenvalue weighted by molar-refractivity contribution is 9.10. The summed E-state index contributed by atoms with van der Waals surface area (Å²) < 4.78 is 28.8. The van der Waals surface area contributed by atoms with Gasteiger partial charge in [0.2, 0.25) is 10.0 Å². The van der Waals surface area contributed by atoms with Gasteiger partial charge in [-0.3, -0.25) is 0 Å². The molecule has 0 radical (unpaired) electrons. The van der Waals surface area contributed by atoms with Crippen LogP contribution < -0.4 is 5.32 Å². The zero-order valence-electron chi connectivity index (χ0n) is 16.6. The number of aromatic nitrogens is 3. The first-order chi connectivity index (χ1) is 14.4. The second-order valence-electron chi connectivity index (χ2n) is 7.37. The molecule has 1 N–H and O–H groups in total. The highest BCUT2D eigenvalue weighted by atomic mass is 79.9. The largest absolute Gasteiger partial charge is 0.367 e. The molecule has 0 amide bonds. The van der Waals surface area contributed by atoms with Gasteiger partial charge in [-0.1, -0.05) is 36.7 Å². The fourth-order valence-corrected chi connectivity index (χ4v) is 5.84. The van der Waals surface area contributed by atoms with E-state index in [1.54, 1.807) is 15.0 Å². The van der Waals surface area contributed by atoms with Gasteiger partial charge in [0.25, 0.3) is 0 Å². The minimum Gasteiger partial charge on any atom is -0.367 e. The standard InChI is InChI=1S/C20H23BrClN5O2S/c1-2-11-30(28,29)26-9-7-14(8-10-26)24-19-12-18(15-5-3-4-6-17(15)22)25-20-16(21)13-23-27(19)20/h3-6,12-14,24H,2,7-11H2,1H3. The zero-order chi connectivity index (χ0) is 21.3. The van der Waals surface area contributed by atoms with E-state index in [4.69, 9.17) is 16.6 Å². The molecule has 1 saturated heterocycles. The number of fused-ring (bicyclic) bond motifs is 1. The van der Waals surface area contributed by atoms with Crippen LogP contribution in [0.5, 0.6) is 0 Å². The highest BCUT2D eigenvalue weighted by Crippen LogP contribution is 2.31. The van der Waals surface area contributed by atoms with Crippen molar-refractivity contribution in [2.75, 3.05) is 24.2 Å². The first kappa shape index (κ1) is 21.5. The van der Waals surface area contributed by atoms with Gasteiger partial charge in [0.15, 0.2) is 5.65 Å². The fourth-order valence-electron chi connectivity index (χ4n) is 3.72. The number of halogens is 2. The Balaban J connectivity index is 1.60. The number of nitrogens with one attached hydrogen (secondary N) is 1. The van der Waals surface area contributed by atoms with Gasteiger partial charge in [0, 0.05) is 35.8 Å². The van der Waals surface area contributed by atoms with Crippen molar-refractivity contribution in [3.63, 3.8) is 0 Å². The number of hydrogen-bond donors (Lipinski definition) is 1. The fraction of sp³-hybridized carbons (Fsp3) is 0.400. The molecule has 1 aliphatic rings. The van der Waals surface area contributed by atoms with Crippen molar-refractivity contribution in [1.82, 2.24) is 18.9 Å². The van der Waals surface area contributed by atoms with Gasteiger partial charge in [-0.15, -0.1) is 0 Å². The number of piperidine rings is 1. The number of benzene rings is 1. The Morgan fingerprint density at radius 1 is 1.27 bits per heavy atom. The Labute approximate surface area is 189 Å². The van der Waals surface area contributed by atoms with Crippen LogP contribution in [0.2, 0.25) is 5.02 Å². The summed E-state index contributed by atoms with van der Waals surface area (Å²) in [5, 5.41) is 8.60. The van der Waals surface area contributed by atoms with Crippen LogP contribution in [-0.2, 0) is 10.0 Å². The van der Waals surface area contributed by atoms with Gasteiger partial charge in [-0.25, -0.2) is 17.7 Å². The summed E-state index contributed by atoms with van der Waals surface area (Å²) in [5.41, 5.74) is 2.29. The smallest absolute Gasteiger partial charge is 0.214 e. The molecule has 0 saturated carbocycles. The second kappa shape index (κ2) is 8.82. The predicted molar refractivity (Wildman–Crippen MR) is 123 cm³/mol. The summed E-state index contributed by atoms with van der Waals surface area (Å²) in [4.78, 5) is 4.73. The molecule has 4 rings (SSSR count). The van der Waals surface area contributed by atoms with E-state index in [1.165, 1.54) is 0 Å². The van der Waals surface area contributed by atoms with Crippen LogP contribution in [0.4, 0.5) is 5.82 Å². The molecular weight excluding hydrogens is 490 g/mol. The number of anilines is 1. The number of hydrogen-bond acceptors (Lipinski definition) is 5. The van der Waals surface area contributed by atoms with Crippen LogP contribution in [0.3, 0.4) is 0 Å². The molecule has 1 aromatic carbocycles. The molecule has 0 spiro atoms. The molecule has 1 fully saturated rings. The van der Waals surface area contributed by atoms with E-state index >= 15 is 0 Å². The maximum atomic E-state index is 12.3. The Bertz CT molecular complexity index is 1160. The van der Waals surface area contributed by atoms with Crippen molar-refractivity contribution in [1.29, 1.82) is 0 Å². The van der Waals surface area contributed by atoms with E-state index in [0.29, 0.717) is 30.2 Å². The molecule has 0 aliphatic carbocycles. The van der Waals surface area contributed by atoms with Crippen LogP contribution in [-0.4, -0.2) is 52.2 Å². The van der Waals surface area contributed by atoms with Gasteiger partial charge in [0.1, 0.15) is 5.82 Å². The quantitative estimate of drug-likeness (QED) is 0.529. The molecule has 3 heterocycles. The first-order valence-corrected chi connectivity index (χ1v) is 12.7. The van der Waals surface area contributed by atoms with Gasteiger partial charge >= 0.3 is 0 Å². The number of sulfonamides is 1. The van der Waals surface area contributed by atoms with Crippen LogP contribution in [0.1, 0.15) is 26.2 Å². The van der Waals surface area contributed by atoms with E-state index < -0.39 is 10.0 Å². The summed E-state index contributed by atoms with van der Waals surface area (Å²) in [6, 6.07) is 9.68. The molecule has 10 heteroatoms. The lowest BCUT2D eigenvalue weighted by Gasteiger charge is -2.32. The Kier molecular flexibility index (Phi) is 6.34. The molecule has 0 bridgehead atoms. The maximum Gasteiger partial charge on any atom is 0.214 e. The van der Waals surface area contributed by atoms with Crippen LogP contribution in [0, 0.1) is 0 Å². The topological polar surface area (TPSA) is 79.6 Å². The Morgan fingerprint density at radius 3 is 2.70 bits per heavy atom. The molecule has 0 unspecified atom stereocenters. The van der Waals surface area contributed by atoms with Crippen LogP contribution >= 0.6 is 27.5 Å². The lowest BCUT2D eigenvalue weighted by atomic mass is 10.1. The lowest BCUT2D eigenvalue weighted by Crippen LogP contribution is -2.43. The van der Waals surface area contributed by atoms with E-state index in [0.717, 1.165) is 34.4 Å². The van der Waals surface area contributed by atoms with Crippen molar-refractivity contribution < 1.29 is 8.42 Å². The Morgan fingerprint density at radius 2 is 2.00 bits per heavy atom. The molecule has 2 aromatic heterocycles. The summed E-state index contributed by atoms with van der Waals surface area (Å²) in [6.07, 6.45) is 3.81. The summed E-state index contributed by atoms with van der Waals surface area (Å²) in [7, 11) is -3.15. The van der Waals surface area contributed by atoms with Gasteiger partial charge in [-0.2, -0.15) is 9.61 Å². The summed E-state index contributed by atoms with van der Waals surface area (Å²) in [6.45, 7) is 2.93. The predicted octanol–water partition coefficient (Wildman–Crippen LogP) is 4.43. The second-order valence-corrected chi connectivity index (χ2v) is 10.7. The molecular formula is C20H23BrClN5O2S. The van der Waals surface area contributed by atoms with Crippen LogP contribution in [0.15, 0.2) is 41.0 Å². The molecule has 160 valence electrons. The molecule has 7 nitrogen and oxygen atoms in total. The number of nitrogens with zero attached hydrogens (tertiary/aromatic N) is 4. The maximum absolute atomic E-state index is 12.3. The van der Waals surface area contributed by atoms with Crippen molar-refractivity contribution in [2.45, 2.75) is 32.2 Å². The van der Waals surface area contributed by atoms with E-state index in [1.807, 2.05) is 37.3 Å². The van der Waals surface area contributed by atoms with Crippen LogP contribution in [0.25, 0.3) is 16.9 Å². The molecule has 0 atom stereocenters. The Hall–Kier alpha value is -1.68. The van der Waals surface area contributed by atoms with Gasteiger partial charge in [-0.05, 0) is 41.3 Å². The lowest BCUT2D eigenvalue weighted by molar-refractivity contribution is 0.329. The summed E-state index contributed by atoms with van der Waals surface area (Å²) >= 11 is 9.91. The van der Waals surface area contributed by atoms with E-state index in [2.05, 4.69) is 26.3 Å². The first-order valence-electron chi connectivity index (χ1n) is 9.92. The molecule has 30 heavy (non-hydrogen) atoms. The van der Waals surface area contributed by atoms with Gasteiger partial charge in [0.05, 0.1) is 22.1 Å². The number of rotatable bonds is 6. The van der Waals surface area contributed by atoms with Gasteiger partial charge < -0.3 is 5.32 Å². The third kappa shape index (κ3) is 4.34. The average molecular weight is 513 g/mol. The van der Waals surface area contributed by atoms with Crippen molar-refractivity contribution in [3.05, 3.63) is 46.0 Å². The molecule has 3 aromatic rings. The normalized spacial score (nSPS) is 16.2. The van der Waals surface area contributed by atoms with E-state index in [9.17, 15) is 8.42 Å². The monoisotopic (exact) mass is 511 g/mol. The third-order valence-corrected chi connectivity index (χ3v) is 8.21. The average Bonchev–Trinajstić information content (AvgIpc) is 3.10. The minimum absolute atomic E-state index is 0.144. The van der Waals surface area contributed by atoms with Crippen molar-refractivity contribution in [3.8, 4) is 11.3 Å². The minimum atomic E-state index is -3.15. The zero-order valence-corrected chi connectivity index (χ0v) is 19.7. The van der Waals surface area contributed by atoms with E-state index in [-0.39, 0.29) is 11.8 Å². The van der Waals surface area contributed by atoms with Crippen molar-refractivity contribution >= 4 is 49.0 Å².